The molecule has 1 aromatic rings. The van der Waals surface area contributed by atoms with Crippen LogP contribution in [0, 0.1) is 6.92 Å². The molecule has 0 radical (unpaired) electrons. The van der Waals surface area contributed by atoms with Gasteiger partial charge in [-0.05, 0) is 47.6 Å². The zero-order valence-electron chi connectivity index (χ0n) is 14.3. The molecule has 122 valence electrons. The van der Waals surface area contributed by atoms with Gasteiger partial charge in [0.1, 0.15) is 0 Å². The van der Waals surface area contributed by atoms with Gasteiger partial charge < -0.3 is 10.1 Å². The van der Waals surface area contributed by atoms with Crippen LogP contribution in [0.1, 0.15) is 52.4 Å². The lowest BCUT2D eigenvalue weighted by atomic mass is 10.1. The van der Waals surface area contributed by atoms with Crippen LogP contribution in [0.15, 0.2) is 0 Å². The smallest absolute Gasteiger partial charge is 0.0847 e. The number of aromatic nitrogens is 2. The summed E-state index contributed by atoms with van der Waals surface area (Å²) in [7, 11) is 0. The molecule has 0 fully saturated rings. The molecule has 0 saturated heterocycles. The Kier molecular flexibility index (Phi) is 7.17. The average Bonchev–Trinajstić information content (AvgIpc) is 2.68. The van der Waals surface area contributed by atoms with E-state index in [1.807, 2.05) is 11.6 Å². The van der Waals surface area contributed by atoms with Gasteiger partial charge in [0.25, 0.3) is 0 Å². The van der Waals surface area contributed by atoms with E-state index < -0.39 is 0 Å². The van der Waals surface area contributed by atoms with E-state index in [1.54, 1.807) is 0 Å². The highest BCUT2D eigenvalue weighted by molar-refractivity contribution is 6.31. The molecule has 0 bridgehead atoms. The Balaban J connectivity index is 2.80. The SMILES string of the molecule is CCCNC(COC(C)(C)C)Cc1c(Cl)c(C)nn1CC. The molecular weight excluding hydrogens is 286 g/mol. The maximum atomic E-state index is 6.41. The zero-order chi connectivity index (χ0) is 16.0. The Labute approximate surface area is 134 Å². The first kappa shape index (κ1) is 18.5. The highest BCUT2D eigenvalue weighted by atomic mass is 35.5. The van der Waals surface area contributed by atoms with Gasteiger partial charge in [-0.3, -0.25) is 4.68 Å². The molecule has 0 saturated carbocycles. The number of nitrogens with one attached hydrogen (secondary N) is 1. The number of hydrogen-bond acceptors (Lipinski definition) is 3. The lowest BCUT2D eigenvalue weighted by Crippen LogP contribution is -2.39. The molecule has 1 N–H and O–H groups in total. The Morgan fingerprint density at radius 1 is 1.33 bits per heavy atom. The molecule has 21 heavy (non-hydrogen) atoms. The Morgan fingerprint density at radius 3 is 2.52 bits per heavy atom. The van der Waals surface area contributed by atoms with Crippen molar-refractivity contribution in [1.82, 2.24) is 15.1 Å². The van der Waals surface area contributed by atoms with Crippen LogP contribution in [0.4, 0.5) is 0 Å². The normalized spacial score (nSPS) is 13.7. The first-order valence-electron chi connectivity index (χ1n) is 7.87. The molecule has 0 amide bonds. The molecule has 1 rings (SSSR count). The second-order valence-corrected chi connectivity index (χ2v) is 6.82. The molecule has 4 nitrogen and oxygen atoms in total. The minimum atomic E-state index is -0.128. The maximum Gasteiger partial charge on any atom is 0.0847 e. The third-order valence-corrected chi connectivity index (χ3v) is 3.78. The lowest BCUT2D eigenvalue weighted by molar-refractivity contribution is -0.0145. The van der Waals surface area contributed by atoms with E-state index in [-0.39, 0.29) is 11.6 Å². The van der Waals surface area contributed by atoms with E-state index in [0.29, 0.717) is 6.61 Å². The van der Waals surface area contributed by atoms with E-state index in [9.17, 15) is 0 Å². The van der Waals surface area contributed by atoms with E-state index in [1.165, 1.54) is 0 Å². The van der Waals surface area contributed by atoms with Gasteiger partial charge in [0, 0.05) is 19.0 Å². The second kappa shape index (κ2) is 8.16. The number of aryl methyl sites for hydroxylation is 2. The van der Waals surface area contributed by atoms with Crippen molar-refractivity contribution in [2.45, 2.75) is 72.6 Å². The van der Waals surface area contributed by atoms with Crippen LogP contribution in [-0.4, -0.2) is 34.6 Å². The summed E-state index contributed by atoms with van der Waals surface area (Å²) in [5.74, 6) is 0. The Hall–Kier alpha value is -0.580. The number of ether oxygens (including phenoxy) is 1. The van der Waals surface area contributed by atoms with Gasteiger partial charge in [-0.2, -0.15) is 5.10 Å². The van der Waals surface area contributed by atoms with Crippen molar-refractivity contribution < 1.29 is 4.74 Å². The van der Waals surface area contributed by atoms with Gasteiger partial charge in [-0.15, -0.1) is 0 Å². The van der Waals surface area contributed by atoms with E-state index >= 15 is 0 Å². The van der Waals surface area contributed by atoms with Gasteiger partial charge in [0.15, 0.2) is 0 Å². The van der Waals surface area contributed by atoms with Crippen molar-refractivity contribution in [2.24, 2.45) is 0 Å². The summed E-state index contributed by atoms with van der Waals surface area (Å²) in [6.45, 7) is 14.9. The van der Waals surface area contributed by atoms with Gasteiger partial charge in [0.05, 0.1) is 28.6 Å². The van der Waals surface area contributed by atoms with E-state index in [0.717, 1.165) is 42.3 Å². The Bertz CT molecular complexity index is 437. The standard InChI is InChI=1S/C16H30ClN3O/c1-7-9-18-13(11-21-16(4,5)6)10-14-15(17)12(3)19-20(14)8-2/h13,18H,7-11H2,1-6H3. The van der Waals surface area contributed by atoms with Crippen LogP contribution in [0.25, 0.3) is 0 Å². The molecule has 5 heteroatoms. The number of rotatable bonds is 8. The zero-order valence-corrected chi connectivity index (χ0v) is 15.0. The van der Waals surface area contributed by atoms with E-state index in [2.05, 4.69) is 45.0 Å². The van der Waals surface area contributed by atoms with Crippen LogP contribution < -0.4 is 5.32 Å². The molecule has 0 spiro atoms. The minimum absolute atomic E-state index is 0.128. The van der Waals surface area contributed by atoms with Crippen molar-refractivity contribution in [3.8, 4) is 0 Å². The van der Waals surface area contributed by atoms with Crippen LogP contribution in [-0.2, 0) is 17.7 Å². The number of hydrogen-bond donors (Lipinski definition) is 1. The number of halogens is 1. The predicted molar refractivity (Wildman–Crippen MR) is 89.1 cm³/mol. The van der Waals surface area contributed by atoms with Crippen LogP contribution in [0.5, 0.6) is 0 Å². The molecule has 0 aliphatic heterocycles. The summed E-state index contributed by atoms with van der Waals surface area (Å²) in [6.07, 6.45) is 1.94. The summed E-state index contributed by atoms with van der Waals surface area (Å²) in [5, 5.41) is 8.83. The lowest BCUT2D eigenvalue weighted by Gasteiger charge is -2.25. The third kappa shape index (κ3) is 5.97. The fourth-order valence-electron chi connectivity index (χ4n) is 2.19. The van der Waals surface area contributed by atoms with Gasteiger partial charge >= 0.3 is 0 Å². The van der Waals surface area contributed by atoms with Crippen LogP contribution in [0.2, 0.25) is 5.02 Å². The third-order valence-electron chi connectivity index (χ3n) is 3.29. The van der Waals surface area contributed by atoms with Crippen LogP contribution >= 0.6 is 11.6 Å². The van der Waals surface area contributed by atoms with Crippen molar-refractivity contribution >= 4 is 11.6 Å². The van der Waals surface area contributed by atoms with Gasteiger partial charge in [0.2, 0.25) is 0 Å². The fourth-order valence-corrected chi connectivity index (χ4v) is 2.40. The summed E-state index contributed by atoms with van der Waals surface area (Å²) in [6, 6.07) is 0.253. The van der Waals surface area contributed by atoms with Crippen LogP contribution in [0.3, 0.4) is 0 Å². The molecule has 0 aliphatic carbocycles. The van der Waals surface area contributed by atoms with Crippen molar-refractivity contribution in [1.29, 1.82) is 0 Å². The average molecular weight is 316 g/mol. The van der Waals surface area contributed by atoms with E-state index in [4.69, 9.17) is 16.3 Å². The van der Waals surface area contributed by atoms with Gasteiger partial charge in [-0.1, -0.05) is 18.5 Å². The predicted octanol–water partition coefficient (Wildman–Crippen LogP) is 3.59. The number of nitrogens with zero attached hydrogens (tertiary/aromatic N) is 2. The van der Waals surface area contributed by atoms with Gasteiger partial charge in [-0.25, -0.2) is 0 Å². The maximum absolute atomic E-state index is 6.41. The van der Waals surface area contributed by atoms with Crippen molar-refractivity contribution in [3.05, 3.63) is 16.4 Å². The first-order valence-corrected chi connectivity index (χ1v) is 8.25. The highest BCUT2D eigenvalue weighted by Gasteiger charge is 2.20. The topological polar surface area (TPSA) is 39.1 Å². The highest BCUT2D eigenvalue weighted by Crippen LogP contribution is 2.22. The quantitative estimate of drug-likeness (QED) is 0.797. The molecule has 1 atom stereocenters. The summed E-state index contributed by atoms with van der Waals surface area (Å²) in [4.78, 5) is 0. The Morgan fingerprint density at radius 2 is 2.00 bits per heavy atom. The minimum Gasteiger partial charge on any atom is -0.374 e. The summed E-state index contributed by atoms with van der Waals surface area (Å²) >= 11 is 6.41. The molecule has 0 aromatic carbocycles. The molecular formula is C16H30ClN3O. The summed E-state index contributed by atoms with van der Waals surface area (Å²) in [5.41, 5.74) is 1.87. The summed E-state index contributed by atoms with van der Waals surface area (Å²) < 4.78 is 7.94. The second-order valence-electron chi connectivity index (χ2n) is 6.44. The van der Waals surface area contributed by atoms with Crippen molar-refractivity contribution in [2.75, 3.05) is 13.2 Å². The largest absolute Gasteiger partial charge is 0.374 e. The van der Waals surface area contributed by atoms with Crippen molar-refractivity contribution in [3.63, 3.8) is 0 Å². The first-order chi connectivity index (χ1) is 9.78. The molecule has 1 aromatic heterocycles. The molecule has 0 aliphatic rings. The molecule has 1 heterocycles. The monoisotopic (exact) mass is 315 g/mol. The molecule has 1 unspecified atom stereocenters. The fraction of sp³-hybridized carbons (Fsp3) is 0.812.